The molecule has 0 aliphatic carbocycles. The first kappa shape index (κ1) is 26.9. The Morgan fingerprint density at radius 3 is 2.87 bits per heavy atom. The number of hydrogen-bond donors (Lipinski definition) is 1. The summed E-state index contributed by atoms with van der Waals surface area (Å²) in [6.45, 7) is 1.67. The molecule has 0 fully saturated rings. The van der Waals surface area contributed by atoms with Crippen LogP contribution in [0.4, 0.5) is 15.1 Å². The Labute approximate surface area is 231 Å². The molecular weight excluding hydrogens is 537 g/mol. The van der Waals surface area contributed by atoms with E-state index in [1.807, 2.05) is 53.8 Å². The van der Waals surface area contributed by atoms with E-state index in [-0.39, 0.29) is 24.1 Å². The van der Waals surface area contributed by atoms with Crippen LogP contribution < -0.4 is 15.0 Å². The van der Waals surface area contributed by atoms with Gasteiger partial charge in [0, 0.05) is 49.5 Å². The first-order chi connectivity index (χ1) is 18.8. The van der Waals surface area contributed by atoms with Crippen molar-refractivity contribution in [1.82, 2.24) is 10.3 Å². The molecule has 39 heavy (non-hydrogen) atoms. The zero-order valence-corrected chi connectivity index (χ0v) is 23.0. The molecule has 2 aliphatic heterocycles. The van der Waals surface area contributed by atoms with Crippen LogP contribution in [0.2, 0.25) is 0 Å². The lowest BCUT2D eigenvalue weighted by Gasteiger charge is -2.27. The summed E-state index contributed by atoms with van der Waals surface area (Å²) in [7, 11) is -2.99. The highest BCUT2D eigenvalue weighted by atomic mass is 32.2. The minimum absolute atomic E-state index is 0.0488. The highest BCUT2D eigenvalue weighted by molar-refractivity contribution is 7.90. The number of thiazole rings is 1. The minimum Gasteiger partial charge on any atom is -0.489 e. The van der Waals surface area contributed by atoms with E-state index in [1.54, 1.807) is 17.4 Å². The van der Waals surface area contributed by atoms with Crippen molar-refractivity contribution in [3.05, 3.63) is 95.2 Å². The molecule has 2 aromatic carbocycles. The van der Waals surface area contributed by atoms with Gasteiger partial charge in [0.15, 0.2) is 0 Å². The fourth-order valence-corrected chi connectivity index (χ4v) is 5.43. The molecule has 3 aromatic rings. The predicted octanol–water partition coefficient (Wildman–Crippen LogP) is 4.69. The van der Waals surface area contributed by atoms with Crippen LogP contribution in [0.1, 0.15) is 10.6 Å². The second-order valence-corrected chi connectivity index (χ2v) is 12.6. The number of aromatic nitrogens is 1. The lowest BCUT2D eigenvalue weighted by Crippen LogP contribution is -2.27. The van der Waals surface area contributed by atoms with Gasteiger partial charge in [0.05, 0.1) is 29.9 Å². The van der Waals surface area contributed by atoms with Gasteiger partial charge in [-0.3, -0.25) is 9.98 Å². The monoisotopic (exact) mass is 565 g/mol. The third-order valence-corrected chi connectivity index (χ3v) is 8.01. The van der Waals surface area contributed by atoms with Crippen LogP contribution in [0.5, 0.6) is 5.75 Å². The standard InChI is InChI=1S/C28H28FN5O3S2/c1-39(35,36)12-10-30-16-27-32-17-28(38-27)34-11-9-21-14-31-15-26(25(21)18-34)33-23-5-7-24(8-6-23)37-19-20-3-2-4-22(29)13-20/h2-9,11,13-14,17-18,21,30H,10,12,15-16,19H2,1H3. The van der Waals surface area contributed by atoms with Crippen LogP contribution in [0.15, 0.2) is 88.8 Å². The fourth-order valence-electron chi connectivity index (χ4n) is 4.07. The number of fused-ring (bicyclic) bond motifs is 1. The molecule has 0 bridgehead atoms. The maximum absolute atomic E-state index is 13.4. The zero-order chi connectivity index (χ0) is 27.2. The Balaban J connectivity index is 1.24. The van der Waals surface area contributed by atoms with Gasteiger partial charge in [0.2, 0.25) is 0 Å². The van der Waals surface area contributed by atoms with Crippen molar-refractivity contribution >= 4 is 43.8 Å². The fraction of sp³-hybridized carbons (Fsp3) is 0.250. The number of anilines is 1. The summed E-state index contributed by atoms with van der Waals surface area (Å²) in [5, 5.41) is 4.97. The van der Waals surface area contributed by atoms with Gasteiger partial charge >= 0.3 is 0 Å². The number of hydrogen-bond acceptors (Lipinski definition) is 9. The molecule has 0 saturated carbocycles. The molecule has 1 N–H and O–H groups in total. The van der Waals surface area contributed by atoms with E-state index in [9.17, 15) is 12.8 Å². The highest BCUT2D eigenvalue weighted by Crippen LogP contribution is 2.31. The van der Waals surface area contributed by atoms with E-state index in [0.29, 0.717) is 25.4 Å². The number of nitrogens with zero attached hydrogens (tertiary/aromatic N) is 4. The normalized spacial score (nSPS) is 17.8. The summed E-state index contributed by atoms with van der Waals surface area (Å²) in [6.07, 6.45) is 11.1. The number of aliphatic imine (C=N–C) groups is 2. The molecular formula is C28H28FN5O3S2. The molecule has 0 radical (unpaired) electrons. The summed E-state index contributed by atoms with van der Waals surface area (Å²) in [5.41, 5.74) is 3.52. The smallest absolute Gasteiger partial charge is 0.148 e. The lowest BCUT2D eigenvalue weighted by molar-refractivity contribution is 0.305. The molecule has 202 valence electrons. The third-order valence-electron chi connectivity index (χ3n) is 6.05. The molecule has 1 aromatic heterocycles. The van der Waals surface area contributed by atoms with Gasteiger partial charge in [-0.25, -0.2) is 17.8 Å². The van der Waals surface area contributed by atoms with Crippen LogP contribution >= 0.6 is 11.3 Å². The number of allylic oxidation sites excluding steroid dienone is 1. The van der Waals surface area contributed by atoms with Crippen molar-refractivity contribution in [2.45, 2.75) is 13.2 Å². The first-order valence-electron chi connectivity index (χ1n) is 12.4. The first-order valence-corrected chi connectivity index (χ1v) is 15.3. The molecule has 2 aliphatic rings. The molecule has 3 heterocycles. The number of nitrogens with one attached hydrogen (secondary N) is 1. The molecule has 0 amide bonds. The average molecular weight is 566 g/mol. The molecule has 0 spiro atoms. The number of ether oxygens (including phenoxy) is 1. The van der Waals surface area contributed by atoms with Crippen molar-refractivity contribution in [2.24, 2.45) is 15.9 Å². The van der Waals surface area contributed by atoms with Gasteiger partial charge in [-0.05, 0) is 42.0 Å². The van der Waals surface area contributed by atoms with Crippen LogP contribution in [-0.4, -0.2) is 50.4 Å². The Bertz CT molecular complexity index is 1550. The number of halogens is 1. The largest absolute Gasteiger partial charge is 0.489 e. The van der Waals surface area contributed by atoms with Gasteiger partial charge in [0.25, 0.3) is 0 Å². The number of rotatable bonds is 10. The minimum atomic E-state index is -2.99. The van der Waals surface area contributed by atoms with E-state index in [1.165, 1.54) is 18.4 Å². The number of sulfone groups is 1. The van der Waals surface area contributed by atoms with Gasteiger partial charge in [-0.2, -0.15) is 0 Å². The van der Waals surface area contributed by atoms with Crippen LogP contribution in [0, 0.1) is 11.7 Å². The Morgan fingerprint density at radius 1 is 1.23 bits per heavy atom. The van der Waals surface area contributed by atoms with Gasteiger partial charge in [0.1, 0.15) is 38.0 Å². The van der Waals surface area contributed by atoms with Crippen LogP contribution in [0.25, 0.3) is 0 Å². The number of benzene rings is 2. The maximum Gasteiger partial charge on any atom is 0.148 e. The summed E-state index contributed by atoms with van der Waals surface area (Å²) >= 11 is 1.55. The van der Waals surface area contributed by atoms with E-state index >= 15 is 0 Å². The molecule has 8 nitrogen and oxygen atoms in total. The van der Waals surface area contributed by atoms with Crippen molar-refractivity contribution < 1.29 is 17.5 Å². The highest BCUT2D eigenvalue weighted by Gasteiger charge is 2.24. The summed E-state index contributed by atoms with van der Waals surface area (Å²) in [6, 6.07) is 13.9. The average Bonchev–Trinajstić information content (AvgIpc) is 3.39. The predicted molar refractivity (Wildman–Crippen MR) is 154 cm³/mol. The lowest BCUT2D eigenvalue weighted by atomic mass is 9.92. The second kappa shape index (κ2) is 12.0. The SMILES string of the molecule is CS(=O)(=O)CCNCc1ncc(N2C=CC3C=NCC(=Nc4ccc(OCc5cccc(F)c5)cc4)C3=C2)s1. The third kappa shape index (κ3) is 7.47. The maximum atomic E-state index is 13.4. The van der Waals surface area contributed by atoms with Gasteiger partial charge < -0.3 is 15.0 Å². The topological polar surface area (TPSA) is 96.2 Å². The Morgan fingerprint density at radius 2 is 2.08 bits per heavy atom. The molecule has 1 unspecified atom stereocenters. The van der Waals surface area contributed by atoms with E-state index < -0.39 is 9.84 Å². The van der Waals surface area contributed by atoms with Crippen LogP contribution in [0.3, 0.4) is 0 Å². The van der Waals surface area contributed by atoms with Crippen molar-refractivity contribution in [2.75, 3.05) is 30.0 Å². The summed E-state index contributed by atoms with van der Waals surface area (Å²) < 4.78 is 41.8. The Kier molecular flexibility index (Phi) is 8.30. The van der Waals surface area contributed by atoms with E-state index in [0.717, 1.165) is 32.5 Å². The Hall–Kier alpha value is -3.67. The summed E-state index contributed by atoms with van der Waals surface area (Å²) in [5.74, 6) is 0.547. The van der Waals surface area contributed by atoms with Crippen molar-refractivity contribution in [1.29, 1.82) is 0 Å². The van der Waals surface area contributed by atoms with Gasteiger partial charge in [-0.1, -0.05) is 29.5 Å². The molecule has 11 heteroatoms. The molecule has 1 atom stereocenters. The van der Waals surface area contributed by atoms with Crippen molar-refractivity contribution in [3.63, 3.8) is 0 Å². The van der Waals surface area contributed by atoms with E-state index in [2.05, 4.69) is 27.6 Å². The second-order valence-electron chi connectivity index (χ2n) is 9.22. The molecule has 5 rings (SSSR count). The van der Waals surface area contributed by atoms with Gasteiger partial charge in [-0.15, -0.1) is 0 Å². The quantitative estimate of drug-likeness (QED) is 0.359. The molecule has 0 saturated heterocycles. The van der Waals surface area contributed by atoms with Crippen LogP contribution in [-0.2, 0) is 23.0 Å². The summed E-state index contributed by atoms with van der Waals surface area (Å²) in [4.78, 5) is 15.9. The van der Waals surface area contributed by atoms with Crippen molar-refractivity contribution in [3.8, 4) is 5.75 Å². The van der Waals surface area contributed by atoms with E-state index in [4.69, 9.17) is 9.73 Å². The zero-order valence-electron chi connectivity index (χ0n) is 21.3.